The smallest absolute Gasteiger partial charge is 0.0347 e. The summed E-state index contributed by atoms with van der Waals surface area (Å²) in [4.78, 5) is 4.03. The molecule has 1 aliphatic heterocycles. The SMILES string of the molecule is Nc1ccc2sc(CN3CCCCC3)cc2c1. The maximum Gasteiger partial charge on any atom is 0.0347 e. The first-order chi connectivity index (χ1) is 8.31. The van der Waals surface area contributed by atoms with Crippen LogP contribution in [0.2, 0.25) is 0 Å². The largest absolute Gasteiger partial charge is 0.399 e. The maximum absolute atomic E-state index is 5.81. The van der Waals surface area contributed by atoms with Crippen LogP contribution in [0.25, 0.3) is 10.1 Å². The fourth-order valence-corrected chi connectivity index (χ4v) is 3.62. The van der Waals surface area contributed by atoms with E-state index < -0.39 is 0 Å². The van der Waals surface area contributed by atoms with E-state index >= 15 is 0 Å². The molecule has 0 saturated carbocycles. The lowest BCUT2D eigenvalue weighted by Crippen LogP contribution is -2.28. The number of nitrogens with two attached hydrogens (primary N) is 1. The van der Waals surface area contributed by atoms with Gasteiger partial charge in [0.05, 0.1) is 0 Å². The van der Waals surface area contributed by atoms with Crippen molar-refractivity contribution in [3.8, 4) is 0 Å². The Kier molecular flexibility index (Phi) is 3.04. The molecule has 1 saturated heterocycles. The van der Waals surface area contributed by atoms with E-state index in [-0.39, 0.29) is 0 Å². The molecule has 1 aliphatic rings. The molecule has 0 aliphatic carbocycles. The van der Waals surface area contributed by atoms with E-state index in [1.165, 1.54) is 47.3 Å². The third kappa shape index (κ3) is 2.45. The molecule has 90 valence electrons. The fraction of sp³-hybridized carbons (Fsp3) is 0.429. The maximum atomic E-state index is 5.81. The minimum absolute atomic E-state index is 0.861. The Morgan fingerprint density at radius 2 is 1.94 bits per heavy atom. The molecule has 0 spiro atoms. The number of benzene rings is 1. The normalized spacial score (nSPS) is 17.6. The lowest BCUT2D eigenvalue weighted by atomic mass is 10.1. The van der Waals surface area contributed by atoms with Crippen LogP contribution in [-0.2, 0) is 6.54 Å². The number of hydrogen-bond acceptors (Lipinski definition) is 3. The van der Waals surface area contributed by atoms with E-state index in [9.17, 15) is 0 Å². The molecule has 3 rings (SSSR count). The Hall–Kier alpha value is -1.06. The fourth-order valence-electron chi connectivity index (χ4n) is 2.53. The number of nitrogen functional groups attached to an aromatic ring is 1. The Labute approximate surface area is 106 Å². The summed E-state index contributed by atoms with van der Waals surface area (Å²) in [6.07, 6.45) is 4.12. The van der Waals surface area contributed by atoms with Crippen LogP contribution in [-0.4, -0.2) is 18.0 Å². The Morgan fingerprint density at radius 3 is 2.76 bits per heavy atom. The standard InChI is InChI=1S/C14H18N2S/c15-12-4-5-14-11(8-12)9-13(17-14)10-16-6-2-1-3-7-16/h4-5,8-9H,1-3,6-7,10,15H2. The summed E-state index contributed by atoms with van der Waals surface area (Å²) >= 11 is 1.90. The second-order valence-electron chi connectivity index (χ2n) is 4.85. The molecular weight excluding hydrogens is 228 g/mol. The van der Waals surface area contributed by atoms with Crippen LogP contribution in [0, 0.1) is 0 Å². The van der Waals surface area contributed by atoms with Crippen LogP contribution in [0.3, 0.4) is 0 Å². The molecule has 2 aromatic rings. The van der Waals surface area contributed by atoms with Gasteiger partial charge in [-0.25, -0.2) is 0 Å². The topological polar surface area (TPSA) is 29.3 Å². The lowest BCUT2D eigenvalue weighted by molar-refractivity contribution is 0.223. The Balaban J connectivity index is 1.80. The molecule has 0 atom stereocenters. The number of anilines is 1. The van der Waals surface area contributed by atoms with Crippen molar-refractivity contribution in [1.29, 1.82) is 0 Å². The van der Waals surface area contributed by atoms with Crippen molar-refractivity contribution in [2.75, 3.05) is 18.8 Å². The highest BCUT2D eigenvalue weighted by Gasteiger charge is 2.11. The third-order valence-electron chi connectivity index (χ3n) is 3.42. The van der Waals surface area contributed by atoms with Gasteiger partial charge in [-0.2, -0.15) is 0 Å². The summed E-state index contributed by atoms with van der Waals surface area (Å²) in [7, 11) is 0. The van der Waals surface area contributed by atoms with E-state index in [0.29, 0.717) is 0 Å². The van der Waals surface area contributed by atoms with Crippen molar-refractivity contribution in [2.45, 2.75) is 25.8 Å². The minimum Gasteiger partial charge on any atom is -0.399 e. The first-order valence-electron chi connectivity index (χ1n) is 6.31. The van der Waals surface area contributed by atoms with E-state index in [2.05, 4.69) is 23.1 Å². The van der Waals surface area contributed by atoms with Crippen LogP contribution >= 0.6 is 11.3 Å². The monoisotopic (exact) mass is 246 g/mol. The molecule has 2 heterocycles. The highest BCUT2D eigenvalue weighted by molar-refractivity contribution is 7.19. The van der Waals surface area contributed by atoms with Crippen molar-refractivity contribution in [1.82, 2.24) is 4.90 Å². The van der Waals surface area contributed by atoms with Gasteiger partial charge in [0.15, 0.2) is 0 Å². The van der Waals surface area contributed by atoms with Gasteiger partial charge in [0.25, 0.3) is 0 Å². The van der Waals surface area contributed by atoms with Crippen LogP contribution in [0.1, 0.15) is 24.1 Å². The van der Waals surface area contributed by atoms with Gasteiger partial charge >= 0.3 is 0 Å². The number of piperidine rings is 1. The molecule has 2 nitrogen and oxygen atoms in total. The first-order valence-corrected chi connectivity index (χ1v) is 7.13. The number of hydrogen-bond donors (Lipinski definition) is 1. The van der Waals surface area contributed by atoms with Gasteiger partial charge in [0.1, 0.15) is 0 Å². The van der Waals surface area contributed by atoms with Crippen molar-refractivity contribution < 1.29 is 0 Å². The average molecular weight is 246 g/mol. The molecule has 1 aromatic heterocycles. The molecule has 3 heteroatoms. The summed E-state index contributed by atoms with van der Waals surface area (Å²) < 4.78 is 1.35. The summed E-state index contributed by atoms with van der Waals surface area (Å²) in [5.41, 5.74) is 6.67. The van der Waals surface area contributed by atoms with Crippen molar-refractivity contribution in [2.24, 2.45) is 0 Å². The van der Waals surface area contributed by atoms with Gasteiger partial charge in [-0.05, 0) is 55.6 Å². The van der Waals surface area contributed by atoms with Crippen molar-refractivity contribution >= 4 is 27.1 Å². The summed E-state index contributed by atoms with van der Waals surface area (Å²) in [5, 5.41) is 1.29. The molecule has 17 heavy (non-hydrogen) atoms. The third-order valence-corrected chi connectivity index (χ3v) is 4.52. The molecular formula is C14H18N2S. The zero-order valence-electron chi connectivity index (χ0n) is 9.98. The van der Waals surface area contributed by atoms with Gasteiger partial charge in [-0.15, -0.1) is 11.3 Å². The highest BCUT2D eigenvalue weighted by Crippen LogP contribution is 2.28. The van der Waals surface area contributed by atoms with Crippen molar-refractivity contribution in [3.05, 3.63) is 29.1 Å². The second kappa shape index (κ2) is 4.67. The molecule has 1 fully saturated rings. The predicted molar refractivity (Wildman–Crippen MR) is 75.4 cm³/mol. The van der Waals surface area contributed by atoms with Crippen LogP contribution in [0.5, 0.6) is 0 Å². The molecule has 2 N–H and O–H groups in total. The van der Waals surface area contributed by atoms with E-state index in [1.54, 1.807) is 0 Å². The quantitative estimate of drug-likeness (QED) is 0.822. The van der Waals surface area contributed by atoms with Gasteiger partial charge in [-0.3, -0.25) is 4.90 Å². The van der Waals surface area contributed by atoms with Crippen LogP contribution < -0.4 is 5.73 Å². The number of thiophene rings is 1. The number of fused-ring (bicyclic) bond motifs is 1. The highest BCUT2D eigenvalue weighted by atomic mass is 32.1. The second-order valence-corrected chi connectivity index (χ2v) is 6.02. The van der Waals surface area contributed by atoms with Gasteiger partial charge in [0.2, 0.25) is 0 Å². The first kappa shape index (κ1) is 11.1. The molecule has 0 bridgehead atoms. The zero-order chi connectivity index (χ0) is 11.7. The van der Waals surface area contributed by atoms with E-state index in [1.807, 2.05) is 17.4 Å². The average Bonchev–Trinajstić information content (AvgIpc) is 2.71. The zero-order valence-corrected chi connectivity index (χ0v) is 10.8. The number of likely N-dealkylation sites (tertiary alicyclic amines) is 1. The Morgan fingerprint density at radius 1 is 1.12 bits per heavy atom. The van der Waals surface area contributed by atoms with Crippen LogP contribution in [0.15, 0.2) is 24.3 Å². The molecule has 0 unspecified atom stereocenters. The molecule has 1 aromatic carbocycles. The Bertz CT molecular complexity index is 512. The summed E-state index contributed by atoms with van der Waals surface area (Å²) in [6, 6.07) is 8.50. The molecule has 0 radical (unpaired) electrons. The van der Waals surface area contributed by atoms with Gasteiger partial charge in [0, 0.05) is 21.8 Å². The summed E-state index contributed by atoms with van der Waals surface area (Å²) in [5.74, 6) is 0. The summed E-state index contributed by atoms with van der Waals surface area (Å²) in [6.45, 7) is 3.63. The predicted octanol–water partition coefficient (Wildman–Crippen LogP) is 3.47. The van der Waals surface area contributed by atoms with E-state index in [4.69, 9.17) is 5.73 Å². The van der Waals surface area contributed by atoms with Gasteiger partial charge < -0.3 is 5.73 Å². The van der Waals surface area contributed by atoms with Crippen molar-refractivity contribution in [3.63, 3.8) is 0 Å². The number of nitrogens with zero attached hydrogens (tertiary/aromatic N) is 1. The van der Waals surface area contributed by atoms with Gasteiger partial charge in [-0.1, -0.05) is 6.42 Å². The van der Waals surface area contributed by atoms with Crippen LogP contribution in [0.4, 0.5) is 5.69 Å². The molecule has 0 amide bonds. The number of rotatable bonds is 2. The lowest BCUT2D eigenvalue weighted by Gasteiger charge is -2.25. The minimum atomic E-state index is 0.861. The van der Waals surface area contributed by atoms with E-state index in [0.717, 1.165) is 12.2 Å².